The number of nitrogens with two attached hydrogens (primary N) is 2. The molecule has 0 radical (unpaired) electrons. The first-order valence-electron chi connectivity index (χ1n) is 5.92. The standard InChI is InChI=1S/C6H16O3Si.C4H13N3/c1-5-6-10(7-2,8-3)9-4;5-1-3-7-4-2-6/h5-6H2,1-4H3;7H,1-6H2. The van der Waals surface area contributed by atoms with Crippen LogP contribution in [-0.2, 0) is 13.3 Å². The molecule has 17 heavy (non-hydrogen) atoms. The lowest BCUT2D eigenvalue weighted by atomic mass is 10.6. The molecule has 0 aromatic carbocycles. The van der Waals surface area contributed by atoms with E-state index in [0.29, 0.717) is 13.1 Å². The zero-order valence-corrected chi connectivity index (χ0v) is 12.6. The van der Waals surface area contributed by atoms with Crippen LogP contribution < -0.4 is 16.8 Å². The van der Waals surface area contributed by atoms with Gasteiger partial charge < -0.3 is 30.1 Å². The van der Waals surface area contributed by atoms with Crippen LogP contribution in [0.15, 0.2) is 0 Å². The Hall–Kier alpha value is -0.0231. The van der Waals surface area contributed by atoms with Crippen molar-refractivity contribution in [3.05, 3.63) is 0 Å². The van der Waals surface area contributed by atoms with Crippen molar-refractivity contribution in [1.82, 2.24) is 5.32 Å². The highest BCUT2D eigenvalue weighted by atomic mass is 28.4. The van der Waals surface area contributed by atoms with Crippen LogP contribution in [0.4, 0.5) is 0 Å². The summed E-state index contributed by atoms with van der Waals surface area (Å²) in [6, 6.07) is 0.885. The number of rotatable bonds is 9. The molecule has 6 nitrogen and oxygen atoms in total. The van der Waals surface area contributed by atoms with Crippen molar-refractivity contribution in [2.24, 2.45) is 11.5 Å². The molecule has 0 atom stereocenters. The molecule has 0 heterocycles. The summed E-state index contributed by atoms with van der Waals surface area (Å²) < 4.78 is 15.5. The van der Waals surface area contributed by atoms with E-state index in [2.05, 4.69) is 12.2 Å². The summed E-state index contributed by atoms with van der Waals surface area (Å²) in [5.74, 6) is 0. The monoisotopic (exact) mass is 267 g/mol. The average Bonchev–Trinajstić information content (AvgIpc) is 2.38. The third-order valence-electron chi connectivity index (χ3n) is 2.13. The lowest BCUT2D eigenvalue weighted by Gasteiger charge is -2.23. The van der Waals surface area contributed by atoms with Gasteiger partial charge in [-0.1, -0.05) is 13.3 Å². The van der Waals surface area contributed by atoms with Crippen LogP contribution in [0.5, 0.6) is 0 Å². The minimum atomic E-state index is -2.22. The normalized spacial score (nSPS) is 10.9. The second-order valence-electron chi connectivity index (χ2n) is 3.37. The smallest absolute Gasteiger partial charge is 0.377 e. The highest BCUT2D eigenvalue weighted by molar-refractivity contribution is 6.60. The Morgan fingerprint density at radius 1 is 0.941 bits per heavy atom. The van der Waals surface area contributed by atoms with Crippen LogP contribution in [0.2, 0.25) is 6.04 Å². The molecule has 106 valence electrons. The van der Waals surface area contributed by atoms with Crippen LogP contribution >= 0.6 is 0 Å². The Bertz CT molecular complexity index is 136. The summed E-state index contributed by atoms with van der Waals surface area (Å²) in [7, 11) is 2.68. The van der Waals surface area contributed by atoms with Gasteiger partial charge in [0.25, 0.3) is 0 Å². The predicted molar refractivity (Wildman–Crippen MR) is 72.9 cm³/mol. The molecule has 7 heteroatoms. The first-order valence-corrected chi connectivity index (χ1v) is 7.85. The van der Waals surface area contributed by atoms with Crippen molar-refractivity contribution in [3.63, 3.8) is 0 Å². The predicted octanol–water partition coefficient (Wildman–Crippen LogP) is -0.232. The van der Waals surface area contributed by atoms with Gasteiger partial charge in [-0.15, -0.1) is 0 Å². The lowest BCUT2D eigenvalue weighted by Crippen LogP contribution is -2.42. The van der Waals surface area contributed by atoms with E-state index in [1.165, 1.54) is 0 Å². The van der Waals surface area contributed by atoms with E-state index < -0.39 is 8.80 Å². The molecule has 0 unspecified atom stereocenters. The van der Waals surface area contributed by atoms with Crippen LogP contribution in [-0.4, -0.2) is 56.3 Å². The fourth-order valence-electron chi connectivity index (χ4n) is 1.19. The van der Waals surface area contributed by atoms with E-state index in [1.807, 2.05) is 0 Å². The topological polar surface area (TPSA) is 91.8 Å². The molecule has 0 saturated heterocycles. The molecular weight excluding hydrogens is 238 g/mol. The second kappa shape index (κ2) is 14.0. The summed E-state index contributed by atoms with van der Waals surface area (Å²) >= 11 is 0. The zero-order chi connectivity index (χ0) is 13.6. The Balaban J connectivity index is 0. The molecule has 0 aromatic heterocycles. The van der Waals surface area contributed by atoms with Crippen molar-refractivity contribution in [2.45, 2.75) is 19.4 Å². The Kier molecular flexibility index (Phi) is 16.0. The van der Waals surface area contributed by atoms with Gasteiger partial charge in [0.1, 0.15) is 0 Å². The van der Waals surface area contributed by atoms with Crippen LogP contribution in [0.3, 0.4) is 0 Å². The minimum absolute atomic E-state index is 0.694. The summed E-state index contributed by atoms with van der Waals surface area (Å²) in [6.45, 7) is 5.22. The second-order valence-corrected chi connectivity index (χ2v) is 6.46. The van der Waals surface area contributed by atoms with E-state index >= 15 is 0 Å². The van der Waals surface area contributed by atoms with Gasteiger partial charge in [0.15, 0.2) is 0 Å². The largest absolute Gasteiger partial charge is 0.500 e. The maximum Gasteiger partial charge on any atom is 0.500 e. The summed E-state index contributed by atoms with van der Waals surface area (Å²) in [5.41, 5.74) is 10.3. The molecule has 0 aliphatic rings. The fraction of sp³-hybridized carbons (Fsp3) is 1.00. The van der Waals surface area contributed by atoms with E-state index in [4.69, 9.17) is 24.7 Å². The quantitative estimate of drug-likeness (QED) is 0.395. The van der Waals surface area contributed by atoms with E-state index in [-0.39, 0.29) is 0 Å². The highest BCUT2D eigenvalue weighted by Crippen LogP contribution is 2.13. The molecule has 0 bridgehead atoms. The molecule has 0 aromatic rings. The Morgan fingerprint density at radius 2 is 1.35 bits per heavy atom. The van der Waals surface area contributed by atoms with Gasteiger partial charge in [0.05, 0.1) is 0 Å². The Morgan fingerprint density at radius 3 is 1.53 bits per heavy atom. The van der Waals surface area contributed by atoms with Gasteiger partial charge in [-0.05, 0) is 0 Å². The van der Waals surface area contributed by atoms with Crippen molar-refractivity contribution in [3.8, 4) is 0 Å². The van der Waals surface area contributed by atoms with E-state index in [1.54, 1.807) is 21.3 Å². The number of hydrogen-bond donors (Lipinski definition) is 3. The summed E-state index contributed by atoms with van der Waals surface area (Å²) in [5, 5.41) is 3.03. The third kappa shape index (κ3) is 10.8. The fourth-order valence-corrected chi connectivity index (χ4v) is 2.92. The molecule has 0 fully saturated rings. The Labute approximate surface area is 106 Å². The van der Waals surface area contributed by atoms with Crippen molar-refractivity contribution >= 4 is 8.80 Å². The molecule has 0 aliphatic carbocycles. The molecule has 0 aliphatic heterocycles. The maximum absolute atomic E-state index is 5.17. The number of hydrogen-bond acceptors (Lipinski definition) is 6. The number of nitrogens with one attached hydrogen (secondary N) is 1. The van der Waals surface area contributed by atoms with Gasteiger partial charge in [0, 0.05) is 53.6 Å². The lowest BCUT2D eigenvalue weighted by molar-refractivity contribution is 0.123. The molecule has 0 spiro atoms. The van der Waals surface area contributed by atoms with E-state index in [0.717, 1.165) is 25.6 Å². The van der Waals surface area contributed by atoms with Crippen LogP contribution in [0.1, 0.15) is 13.3 Å². The molecule has 0 saturated carbocycles. The van der Waals surface area contributed by atoms with Crippen LogP contribution in [0.25, 0.3) is 0 Å². The van der Waals surface area contributed by atoms with Crippen molar-refractivity contribution < 1.29 is 13.3 Å². The molecule has 0 rings (SSSR count). The minimum Gasteiger partial charge on any atom is -0.377 e. The zero-order valence-electron chi connectivity index (χ0n) is 11.6. The molecular formula is C10H29N3O3Si. The molecule has 0 amide bonds. The molecule has 5 N–H and O–H groups in total. The average molecular weight is 267 g/mol. The van der Waals surface area contributed by atoms with Gasteiger partial charge >= 0.3 is 8.80 Å². The van der Waals surface area contributed by atoms with E-state index in [9.17, 15) is 0 Å². The van der Waals surface area contributed by atoms with Crippen molar-refractivity contribution in [1.29, 1.82) is 0 Å². The highest BCUT2D eigenvalue weighted by Gasteiger charge is 2.36. The van der Waals surface area contributed by atoms with Crippen molar-refractivity contribution in [2.75, 3.05) is 47.5 Å². The first kappa shape index (κ1) is 19.3. The van der Waals surface area contributed by atoms with Gasteiger partial charge in [-0.3, -0.25) is 0 Å². The van der Waals surface area contributed by atoms with Gasteiger partial charge in [-0.2, -0.15) is 0 Å². The maximum atomic E-state index is 5.17. The van der Waals surface area contributed by atoms with Gasteiger partial charge in [-0.25, -0.2) is 0 Å². The van der Waals surface area contributed by atoms with Gasteiger partial charge in [0.2, 0.25) is 0 Å². The first-order chi connectivity index (χ1) is 8.16. The summed E-state index contributed by atoms with van der Waals surface area (Å²) in [4.78, 5) is 0. The third-order valence-corrected chi connectivity index (χ3v) is 5.11. The SMILES string of the molecule is CCC[Si](OC)(OC)OC.NCCNCCN. The summed E-state index contributed by atoms with van der Waals surface area (Å²) in [6.07, 6.45) is 1.03. The van der Waals surface area contributed by atoms with Crippen LogP contribution in [0, 0.1) is 0 Å².